The van der Waals surface area contributed by atoms with Crippen molar-refractivity contribution < 1.29 is 4.74 Å². The fraction of sp³-hybridized carbons (Fsp3) is 0.0667. The molecule has 0 aliphatic heterocycles. The smallest absolute Gasteiger partial charge is 0.214 e. The SMILES string of the molecule is COc1ccc2c(n1)sc1nc(-c3ccc(N=O)cc3)cn12. The van der Waals surface area contributed by atoms with Crippen LogP contribution in [0.2, 0.25) is 0 Å². The van der Waals surface area contributed by atoms with E-state index in [2.05, 4.69) is 15.1 Å². The molecule has 4 rings (SSSR count). The first kappa shape index (κ1) is 12.9. The summed E-state index contributed by atoms with van der Waals surface area (Å²) in [6, 6.07) is 10.8. The van der Waals surface area contributed by atoms with Gasteiger partial charge in [-0.05, 0) is 23.4 Å². The number of nitrogens with zero attached hydrogens (tertiary/aromatic N) is 4. The number of ether oxygens (including phenoxy) is 1. The summed E-state index contributed by atoms with van der Waals surface area (Å²) >= 11 is 1.51. The van der Waals surface area contributed by atoms with Crippen molar-refractivity contribution in [2.45, 2.75) is 0 Å². The summed E-state index contributed by atoms with van der Waals surface area (Å²) in [5, 5.41) is 2.90. The van der Waals surface area contributed by atoms with Crippen molar-refractivity contribution in [3.05, 3.63) is 47.5 Å². The average molecular weight is 310 g/mol. The van der Waals surface area contributed by atoms with Crippen LogP contribution in [-0.2, 0) is 0 Å². The number of nitroso groups, excluding NO2 is 1. The van der Waals surface area contributed by atoms with Crippen LogP contribution in [0.15, 0.2) is 47.8 Å². The highest BCUT2D eigenvalue weighted by atomic mass is 32.1. The van der Waals surface area contributed by atoms with E-state index in [9.17, 15) is 4.91 Å². The largest absolute Gasteiger partial charge is 0.481 e. The molecule has 0 atom stereocenters. The second kappa shape index (κ2) is 4.88. The number of pyridine rings is 1. The number of rotatable bonds is 3. The van der Waals surface area contributed by atoms with Gasteiger partial charge < -0.3 is 4.74 Å². The quantitative estimate of drug-likeness (QED) is 0.536. The second-order valence-electron chi connectivity index (χ2n) is 4.70. The molecule has 3 aromatic heterocycles. The zero-order valence-electron chi connectivity index (χ0n) is 11.6. The van der Waals surface area contributed by atoms with Gasteiger partial charge in [0.1, 0.15) is 10.5 Å². The van der Waals surface area contributed by atoms with Crippen molar-refractivity contribution >= 4 is 32.3 Å². The number of hydrogen-bond acceptors (Lipinski definition) is 6. The van der Waals surface area contributed by atoms with Gasteiger partial charge in [-0.25, -0.2) is 9.97 Å². The lowest BCUT2D eigenvalue weighted by Gasteiger charge is -1.97. The van der Waals surface area contributed by atoms with E-state index in [1.54, 1.807) is 19.2 Å². The molecule has 0 aliphatic carbocycles. The van der Waals surface area contributed by atoms with E-state index >= 15 is 0 Å². The van der Waals surface area contributed by atoms with Crippen molar-refractivity contribution in [2.24, 2.45) is 5.18 Å². The normalized spacial score (nSPS) is 11.1. The van der Waals surface area contributed by atoms with Gasteiger partial charge in [0.2, 0.25) is 5.88 Å². The van der Waals surface area contributed by atoms with E-state index in [0.717, 1.165) is 26.6 Å². The molecule has 6 nitrogen and oxygen atoms in total. The van der Waals surface area contributed by atoms with Crippen molar-refractivity contribution in [1.29, 1.82) is 0 Å². The molecule has 4 aromatic rings. The Bertz CT molecular complexity index is 988. The summed E-state index contributed by atoms with van der Waals surface area (Å²) in [6.45, 7) is 0. The molecular weight excluding hydrogens is 300 g/mol. The number of thiazole rings is 1. The number of imidazole rings is 1. The Balaban J connectivity index is 1.84. The van der Waals surface area contributed by atoms with Crippen molar-refractivity contribution in [3.8, 4) is 17.1 Å². The Labute approximate surface area is 129 Å². The molecule has 0 N–H and O–H groups in total. The summed E-state index contributed by atoms with van der Waals surface area (Å²) in [7, 11) is 1.60. The Morgan fingerprint density at radius 3 is 2.68 bits per heavy atom. The molecule has 0 spiro atoms. The first-order chi connectivity index (χ1) is 10.8. The van der Waals surface area contributed by atoms with Crippen LogP contribution in [0, 0.1) is 4.91 Å². The van der Waals surface area contributed by atoms with Gasteiger partial charge in [-0.3, -0.25) is 4.40 Å². The molecule has 0 bridgehead atoms. The van der Waals surface area contributed by atoms with Crippen LogP contribution in [0.3, 0.4) is 0 Å². The fourth-order valence-electron chi connectivity index (χ4n) is 2.31. The first-order valence-electron chi connectivity index (χ1n) is 6.55. The van der Waals surface area contributed by atoms with Gasteiger partial charge in [0.05, 0.1) is 18.3 Å². The first-order valence-corrected chi connectivity index (χ1v) is 7.36. The van der Waals surface area contributed by atoms with E-state index in [0.29, 0.717) is 11.6 Å². The zero-order chi connectivity index (χ0) is 15.1. The maximum absolute atomic E-state index is 10.5. The Morgan fingerprint density at radius 1 is 1.14 bits per heavy atom. The highest BCUT2D eigenvalue weighted by molar-refractivity contribution is 7.23. The number of hydrogen-bond donors (Lipinski definition) is 0. The van der Waals surface area contributed by atoms with E-state index in [-0.39, 0.29) is 0 Å². The lowest BCUT2D eigenvalue weighted by Crippen LogP contribution is -1.86. The topological polar surface area (TPSA) is 68.8 Å². The fourth-order valence-corrected chi connectivity index (χ4v) is 3.29. The average Bonchev–Trinajstić information content (AvgIpc) is 3.11. The Kier molecular flexibility index (Phi) is 2.87. The van der Waals surface area contributed by atoms with Crippen molar-refractivity contribution in [3.63, 3.8) is 0 Å². The van der Waals surface area contributed by atoms with Gasteiger partial charge >= 0.3 is 0 Å². The molecule has 0 unspecified atom stereocenters. The number of methoxy groups -OCH3 is 1. The lowest BCUT2D eigenvalue weighted by molar-refractivity contribution is 0.400. The second-order valence-corrected chi connectivity index (χ2v) is 5.65. The number of fused-ring (bicyclic) bond motifs is 3. The summed E-state index contributed by atoms with van der Waals surface area (Å²) in [6.07, 6.45) is 1.96. The summed E-state index contributed by atoms with van der Waals surface area (Å²) < 4.78 is 7.15. The molecule has 22 heavy (non-hydrogen) atoms. The minimum atomic E-state index is 0.409. The van der Waals surface area contributed by atoms with Crippen LogP contribution in [-0.4, -0.2) is 21.5 Å². The number of aromatic nitrogens is 3. The highest BCUT2D eigenvalue weighted by Crippen LogP contribution is 2.30. The zero-order valence-corrected chi connectivity index (χ0v) is 12.4. The van der Waals surface area contributed by atoms with Gasteiger partial charge in [0.25, 0.3) is 0 Å². The van der Waals surface area contributed by atoms with E-state index in [1.807, 2.05) is 34.9 Å². The molecule has 1 aromatic carbocycles. The molecule has 7 heteroatoms. The predicted molar refractivity (Wildman–Crippen MR) is 85.8 cm³/mol. The van der Waals surface area contributed by atoms with Crippen molar-refractivity contribution in [1.82, 2.24) is 14.4 Å². The Morgan fingerprint density at radius 2 is 1.95 bits per heavy atom. The van der Waals surface area contributed by atoms with Crippen LogP contribution in [0.4, 0.5) is 5.69 Å². The molecule has 0 saturated heterocycles. The maximum atomic E-state index is 10.5. The van der Waals surface area contributed by atoms with Gasteiger partial charge in [-0.1, -0.05) is 23.5 Å². The van der Waals surface area contributed by atoms with Crippen LogP contribution < -0.4 is 4.74 Å². The molecule has 0 aliphatic rings. The van der Waals surface area contributed by atoms with Crippen LogP contribution in [0.25, 0.3) is 26.6 Å². The van der Waals surface area contributed by atoms with Gasteiger partial charge in [-0.2, -0.15) is 0 Å². The third-order valence-corrected chi connectivity index (χ3v) is 4.38. The minimum absolute atomic E-state index is 0.409. The van der Waals surface area contributed by atoms with E-state index in [4.69, 9.17) is 4.74 Å². The van der Waals surface area contributed by atoms with Crippen LogP contribution >= 0.6 is 11.3 Å². The molecule has 0 fully saturated rings. The third-order valence-electron chi connectivity index (χ3n) is 3.41. The monoisotopic (exact) mass is 310 g/mol. The van der Waals surface area contributed by atoms with Gasteiger partial charge in [0, 0.05) is 17.8 Å². The van der Waals surface area contributed by atoms with Crippen LogP contribution in [0.1, 0.15) is 0 Å². The highest BCUT2D eigenvalue weighted by Gasteiger charge is 2.11. The number of benzene rings is 1. The van der Waals surface area contributed by atoms with Gasteiger partial charge in [0.15, 0.2) is 4.96 Å². The summed E-state index contributed by atoms with van der Waals surface area (Å²) in [5.41, 5.74) is 3.19. The van der Waals surface area contributed by atoms with Gasteiger partial charge in [-0.15, -0.1) is 4.91 Å². The van der Waals surface area contributed by atoms with E-state index in [1.165, 1.54) is 11.3 Å². The predicted octanol–water partition coefficient (Wildman–Crippen LogP) is 4.02. The molecule has 3 heterocycles. The van der Waals surface area contributed by atoms with Crippen molar-refractivity contribution in [2.75, 3.05) is 7.11 Å². The molecule has 0 amide bonds. The Hall–Kier alpha value is -2.80. The lowest BCUT2D eigenvalue weighted by atomic mass is 10.1. The maximum Gasteiger partial charge on any atom is 0.214 e. The summed E-state index contributed by atoms with van der Waals surface area (Å²) in [4.78, 5) is 21.3. The van der Waals surface area contributed by atoms with Crippen LogP contribution in [0.5, 0.6) is 5.88 Å². The standard InChI is InChI=1S/C15H10N4O2S/c1-21-13-7-6-12-14(17-13)22-15-16-11(8-19(12)15)9-2-4-10(18-20)5-3-9/h2-8H,1H3. The molecular formula is C15H10N4O2S. The summed E-state index contributed by atoms with van der Waals surface area (Å²) in [5.74, 6) is 0.592. The third kappa shape index (κ3) is 1.94. The minimum Gasteiger partial charge on any atom is -0.481 e. The molecule has 108 valence electrons. The molecule has 0 saturated carbocycles. The van der Waals surface area contributed by atoms with E-state index < -0.39 is 0 Å². The molecule has 0 radical (unpaired) electrons.